The summed E-state index contributed by atoms with van der Waals surface area (Å²) in [4.78, 5) is 4.86. The van der Waals surface area contributed by atoms with Crippen molar-refractivity contribution in [2.24, 2.45) is 0 Å². The maximum absolute atomic E-state index is 5.90. The minimum atomic E-state index is 0.680. The third-order valence-corrected chi connectivity index (χ3v) is 5.10. The number of benzene rings is 2. The Bertz CT molecular complexity index is 897. The van der Waals surface area contributed by atoms with Gasteiger partial charge < -0.3 is 4.74 Å². The smallest absolute Gasteiger partial charge is 0.119 e. The number of hydrogen-bond acceptors (Lipinski definition) is 3. The summed E-state index contributed by atoms with van der Waals surface area (Å²) in [5, 5.41) is 2.33. The van der Waals surface area contributed by atoms with Crippen LogP contribution in [0.5, 0.6) is 5.75 Å². The molecule has 3 aromatic rings. The molecule has 0 saturated heterocycles. The zero-order valence-electron chi connectivity index (χ0n) is 15.6. The van der Waals surface area contributed by atoms with Crippen LogP contribution in [0.15, 0.2) is 41.4 Å². The van der Waals surface area contributed by atoms with Gasteiger partial charge in [-0.1, -0.05) is 17.7 Å². The lowest BCUT2D eigenvalue weighted by molar-refractivity contribution is 0.343. The Hall–Kier alpha value is -2.00. The number of thioether (sulfide) groups is 1. The number of fused-ring (bicyclic) bond motifs is 1. The number of aromatic nitrogens is 1. The molecule has 3 heteroatoms. The molecule has 0 N–H and O–H groups in total. The molecule has 0 spiro atoms. The summed E-state index contributed by atoms with van der Waals surface area (Å²) in [5.41, 5.74) is 7.41. The topological polar surface area (TPSA) is 22.1 Å². The van der Waals surface area contributed by atoms with E-state index < -0.39 is 0 Å². The third-order valence-electron chi connectivity index (χ3n) is 4.23. The quantitative estimate of drug-likeness (QED) is 0.419. The van der Waals surface area contributed by atoms with Gasteiger partial charge in [0.25, 0.3) is 0 Å². The molecule has 1 aromatic heterocycles. The van der Waals surface area contributed by atoms with Gasteiger partial charge in [-0.3, -0.25) is 0 Å². The van der Waals surface area contributed by atoms with Crippen molar-refractivity contribution in [3.8, 4) is 5.75 Å². The predicted molar refractivity (Wildman–Crippen MR) is 108 cm³/mol. The van der Waals surface area contributed by atoms with E-state index in [9.17, 15) is 0 Å². The van der Waals surface area contributed by atoms with E-state index in [1.54, 1.807) is 11.8 Å². The number of rotatable bonds is 5. The van der Waals surface area contributed by atoms with E-state index in [1.165, 1.54) is 33.2 Å². The highest BCUT2D eigenvalue weighted by Crippen LogP contribution is 2.27. The van der Waals surface area contributed by atoms with Gasteiger partial charge in [0.15, 0.2) is 0 Å². The molecule has 0 saturated carbocycles. The number of pyridine rings is 1. The molecule has 0 unspecified atom stereocenters. The fourth-order valence-corrected chi connectivity index (χ4v) is 4.00. The number of hydrogen-bond donors (Lipinski definition) is 0. The highest BCUT2D eigenvalue weighted by molar-refractivity contribution is 7.99. The van der Waals surface area contributed by atoms with E-state index >= 15 is 0 Å². The summed E-state index contributed by atoms with van der Waals surface area (Å²) >= 11 is 1.75. The summed E-state index contributed by atoms with van der Waals surface area (Å²) in [6, 6.07) is 12.9. The van der Waals surface area contributed by atoms with Crippen molar-refractivity contribution in [2.75, 3.05) is 12.4 Å². The zero-order valence-corrected chi connectivity index (χ0v) is 16.5. The Labute approximate surface area is 154 Å². The standard InChI is InChI=1S/C22H25NOS/c1-14-8-15(2)11-19(10-14)24-6-7-25-21-13-17(4)20-12-16(3)9-18(5)22(20)23-21/h8-13H,6-7H2,1-5H3. The van der Waals surface area contributed by atoms with Crippen molar-refractivity contribution >= 4 is 22.7 Å². The largest absolute Gasteiger partial charge is 0.493 e. The van der Waals surface area contributed by atoms with Crippen LogP contribution in [-0.4, -0.2) is 17.3 Å². The minimum absolute atomic E-state index is 0.680. The van der Waals surface area contributed by atoms with E-state index in [0.29, 0.717) is 6.61 Å². The molecule has 0 amide bonds. The van der Waals surface area contributed by atoms with Crippen LogP contribution < -0.4 is 4.74 Å². The molecule has 0 fully saturated rings. The van der Waals surface area contributed by atoms with Gasteiger partial charge in [0.05, 0.1) is 17.1 Å². The van der Waals surface area contributed by atoms with Crippen molar-refractivity contribution in [3.05, 3.63) is 64.2 Å². The summed E-state index contributed by atoms with van der Waals surface area (Å²) in [6.07, 6.45) is 0. The first-order valence-electron chi connectivity index (χ1n) is 8.65. The van der Waals surface area contributed by atoms with Crippen molar-refractivity contribution in [1.29, 1.82) is 0 Å². The van der Waals surface area contributed by atoms with Crippen LogP contribution in [0.1, 0.15) is 27.8 Å². The SMILES string of the molecule is Cc1cc(C)cc(OCCSc2cc(C)c3cc(C)cc(C)c3n2)c1. The third kappa shape index (κ3) is 4.35. The van der Waals surface area contributed by atoms with Crippen LogP contribution in [0.3, 0.4) is 0 Å². The Morgan fingerprint density at radius 1 is 0.800 bits per heavy atom. The lowest BCUT2D eigenvalue weighted by atomic mass is 10.0. The molecule has 0 aliphatic rings. The molecule has 3 rings (SSSR count). The van der Waals surface area contributed by atoms with E-state index in [4.69, 9.17) is 9.72 Å². The van der Waals surface area contributed by atoms with E-state index in [1.807, 2.05) is 0 Å². The lowest BCUT2D eigenvalue weighted by Crippen LogP contribution is -2.01. The van der Waals surface area contributed by atoms with Gasteiger partial charge in [0, 0.05) is 11.1 Å². The summed E-state index contributed by atoms with van der Waals surface area (Å²) in [7, 11) is 0. The molecule has 0 aliphatic carbocycles. The Balaban J connectivity index is 1.67. The monoisotopic (exact) mass is 351 g/mol. The second-order valence-corrected chi connectivity index (χ2v) is 7.89. The molecule has 0 aliphatic heterocycles. The van der Waals surface area contributed by atoms with E-state index in [0.717, 1.165) is 22.0 Å². The van der Waals surface area contributed by atoms with Crippen LogP contribution in [0.25, 0.3) is 10.9 Å². The maximum atomic E-state index is 5.90. The minimum Gasteiger partial charge on any atom is -0.493 e. The highest BCUT2D eigenvalue weighted by atomic mass is 32.2. The highest BCUT2D eigenvalue weighted by Gasteiger charge is 2.07. The van der Waals surface area contributed by atoms with Crippen LogP contribution >= 0.6 is 11.8 Å². The van der Waals surface area contributed by atoms with E-state index in [2.05, 4.69) is 71.0 Å². The summed E-state index contributed by atoms with van der Waals surface area (Å²) in [6.45, 7) is 11.3. The second kappa shape index (κ2) is 7.49. The Morgan fingerprint density at radius 2 is 1.48 bits per heavy atom. The maximum Gasteiger partial charge on any atom is 0.119 e. The van der Waals surface area contributed by atoms with E-state index in [-0.39, 0.29) is 0 Å². The molecular formula is C22H25NOS. The van der Waals surface area contributed by atoms with Gasteiger partial charge in [0.1, 0.15) is 5.75 Å². The van der Waals surface area contributed by atoms with Gasteiger partial charge in [-0.2, -0.15) is 0 Å². The molecule has 0 atom stereocenters. The Morgan fingerprint density at radius 3 is 2.20 bits per heavy atom. The van der Waals surface area contributed by atoms with Crippen LogP contribution in [0, 0.1) is 34.6 Å². The van der Waals surface area contributed by atoms with Gasteiger partial charge >= 0.3 is 0 Å². The normalized spacial score (nSPS) is 11.1. The van der Waals surface area contributed by atoms with Crippen molar-refractivity contribution in [3.63, 3.8) is 0 Å². The molecule has 2 aromatic carbocycles. The number of aryl methyl sites for hydroxylation is 5. The fraction of sp³-hybridized carbons (Fsp3) is 0.318. The number of ether oxygens (including phenoxy) is 1. The first kappa shape index (κ1) is 17.8. The molecule has 0 bridgehead atoms. The zero-order chi connectivity index (χ0) is 18.0. The van der Waals surface area contributed by atoms with Gasteiger partial charge in [0.2, 0.25) is 0 Å². The van der Waals surface area contributed by atoms with Crippen LogP contribution in [-0.2, 0) is 0 Å². The average molecular weight is 352 g/mol. The van der Waals surface area contributed by atoms with Gasteiger partial charge in [-0.15, -0.1) is 11.8 Å². The van der Waals surface area contributed by atoms with Crippen LogP contribution in [0.4, 0.5) is 0 Å². The van der Waals surface area contributed by atoms with Gasteiger partial charge in [-0.05, 0) is 81.1 Å². The summed E-state index contributed by atoms with van der Waals surface area (Å²) in [5.74, 6) is 1.84. The fourth-order valence-electron chi connectivity index (χ4n) is 3.21. The van der Waals surface area contributed by atoms with Crippen molar-refractivity contribution in [1.82, 2.24) is 4.98 Å². The molecule has 25 heavy (non-hydrogen) atoms. The lowest BCUT2D eigenvalue weighted by Gasteiger charge is -2.11. The predicted octanol–water partition coefficient (Wildman–Crippen LogP) is 5.95. The number of nitrogens with zero attached hydrogens (tertiary/aromatic N) is 1. The second-order valence-electron chi connectivity index (χ2n) is 6.78. The Kier molecular flexibility index (Phi) is 5.33. The van der Waals surface area contributed by atoms with Gasteiger partial charge in [-0.25, -0.2) is 4.98 Å². The molecular weight excluding hydrogens is 326 g/mol. The molecule has 2 nitrogen and oxygen atoms in total. The first-order chi connectivity index (χ1) is 11.9. The molecule has 1 heterocycles. The van der Waals surface area contributed by atoms with Crippen molar-refractivity contribution < 1.29 is 4.74 Å². The molecule has 130 valence electrons. The summed E-state index contributed by atoms with van der Waals surface area (Å²) < 4.78 is 5.90. The molecule has 0 radical (unpaired) electrons. The first-order valence-corrected chi connectivity index (χ1v) is 9.63. The van der Waals surface area contributed by atoms with Crippen LogP contribution in [0.2, 0.25) is 0 Å². The van der Waals surface area contributed by atoms with Crippen molar-refractivity contribution in [2.45, 2.75) is 39.6 Å². The average Bonchev–Trinajstić information content (AvgIpc) is 2.52.